The van der Waals surface area contributed by atoms with Crippen molar-refractivity contribution in [3.05, 3.63) is 16.9 Å². The molecule has 78 valence electrons. The molecule has 1 aromatic heterocycles. The number of aryl methyl sites for hydroxylation is 1. The molecule has 1 aliphatic rings. The first-order valence-corrected chi connectivity index (χ1v) is 5.25. The third-order valence-electron chi connectivity index (χ3n) is 3.54. The van der Waals surface area contributed by atoms with Crippen LogP contribution < -0.4 is 5.73 Å². The summed E-state index contributed by atoms with van der Waals surface area (Å²) in [5, 5.41) is 4.92. The maximum absolute atomic E-state index is 6.11. The lowest BCUT2D eigenvalue weighted by Gasteiger charge is -2.04. The van der Waals surface area contributed by atoms with Gasteiger partial charge in [-0.2, -0.15) is 5.10 Å². The Bertz CT molecular complexity index is 337. The van der Waals surface area contributed by atoms with Gasteiger partial charge in [-0.1, -0.05) is 25.4 Å². The van der Waals surface area contributed by atoms with E-state index in [2.05, 4.69) is 18.9 Å². The number of nitrogens with zero attached hydrogens (tertiary/aromatic N) is 2. The normalized spacial score (nSPS) is 29.2. The fourth-order valence-corrected chi connectivity index (χ4v) is 2.78. The largest absolute Gasteiger partial charge is 0.330 e. The van der Waals surface area contributed by atoms with Gasteiger partial charge in [0.2, 0.25) is 0 Å². The molecule has 1 heterocycles. The highest BCUT2D eigenvalue weighted by Gasteiger charge is 2.59. The smallest absolute Gasteiger partial charge is 0.0820 e. The van der Waals surface area contributed by atoms with E-state index in [0.717, 1.165) is 17.3 Å². The fraction of sp³-hybridized carbons (Fsp3) is 0.700. The van der Waals surface area contributed by atoms with Gasteiger partial charge in [0.05, 0.1) is 16.9 Å². The molecule has 0 bridgehead atoms. The number of halogens is 1. The lowest BCUT2D eigenvalue weighted by molar-refractivity contribution is 0.553. The van der Waals surface area contributed by atoms with Gasteiger partial charge in [0.1, 0.15) is 0 Å². The minimum atomic E-state index is 0.270. The van der Waals surface area contributed by atoms with Crippen molar-refractivity contribution in [1.82, 2.24) is 9.78 Å². The van der Waals surface area contributed by atoms with Crippen LogP contribution in [0.1, 0.15) is 25.5 Å². The number of nitrogens with two attached hydrogens (primary N) is 1. The van der Waals surface area contributed by atoms with E-state index >= 15 is 0 Å². The third-order valence-corrected chi connectivity index (χ3v) is 3.83. The molecule has 0 amide bonds. The van der Waals surface area contributed by atoms with E-state index in [1.54, 1.807) is 6.20 Å². The van der Waals surface area contributed by atoms with Gasteiger partial charge in [-0.3, -0.25) is 4.68 Å². The van der Waals surface area contributed by atoms with Crippen molar-refractivity contribution in [2.45, 2.75) is 19.8 Å². The van der Waals surface area contributed by atoms with Gasteiger partial charge < -0.3 is 5.73 Å². The molecule has 0 saturated heterocycles. The van der Waals surface area contributed by atoms with Crippen LogP contribution in [0.15, 0.2) is 6.20 Å². The third kappa shape index (κ3) is 1.19. The number of hydrogen-bond donors (Lipinski definition) is 1. The maximum atomic E-state index is 6.11. The molecule has 0 aliphatic heterocycles. The first kappa shape index (κ1) is 9.99. The predicted octanol–water partition coefficient (Wildman–Crippen LogP) is 1.77. The van der Waals surface area contributed by atoms with Crippen LogP contribution in [0.25, 0.3) is 0 Å². The number of aromatic nitrogens is 2. The second kappa shape index (κ2) is 2.97. The second-order valence-corrected chi connectivity index (χ2v) is 5.05. The Balaban J connectivity index is 2.35. The van der Waals surface area contributed by atoms with Crippen molar-refractivity contribution in [2.24, 2.45) is 24.1 Å². The number of rotatable bonds is 2. The van der Waals surface area contributed by atoms with Crippen LogP contribution in [0.3, 0.4) is 0 Å². The Morgan fingerprint density at radius 2 is 2.29 bits per heavy atom. The molecule has 3 nitrogen and oxygen atoms in total. The van der Waals surface area contributed by atoms with Gasteiger partial charge in [0.15, 0.2) is 0 Å². The van der Waals surface area contributed by atoms with Gasteiger partial charge >= 0.3 is 0 Å². The summed E-state index contributed by atoms with van der Waals surface area (Å²) in [4.78, 5) is 0. The highest BCUT2D eigenvalue weighted by molar-refractivity contribution is 6.31. The Hall–Kier alpha value is -0.540. The first-order valence-electron chi connectivity index (χ1n) is 4.87. The molecule has 1 aromatic rings. The summed E-state index contributed by atoms with van der Waals surface area (Å²) in [6.45, 7) is 5.19. The quantitative estimate of drug-likeness (QED) is 0.814. The van der Waals surface area contributed by atoms with Crippen molar-refractivity contribution in [3.8, 4) is 0 Å². The van der Waals surface area contributed by atoms with E-state index in [1.165, 1.54) is 0 Å². The molecule has 2 unspecified atom stereocenters. The second-order valence-electron chi connectivity index (χ2n) is 4.64. The molecular formula is C10H16ClN3. The van der Waals surface area contributed by atoms with Gasteiger partial charge in [0.25, 0.3) is 0 Å². The van der Waals surface area contributed by atoms with E-state index in [4.69, 9.17) is 17.3 Å². The summed E-state index contributed by atoms with van der Waals surface area (Å²) in [6.07, 6.45) is 1.71. The fourth-order valence-electron chi connectivity index (χ4n) is 2.50. The van der Waals surface area contributed by atoms with Gasteiger partial charge in [0, 0.05) is 13.0 Å². The van der Waals surface area contributed by atoms with Crippen LogP contribution in [0.2, 0.25) is 5.02 Å². The Morgan fingerprint density at radius 3 is 2.64 bits per heavy atom. The van der Waals surface area contributed by atoms with Crippen molar-refractivity contribution in [1.29, 1.82) is 0 Å². The zero-order valence-corrected chi connectivity index (χ0v) is 9.54. The molecule has 4 heteroatoms. The van der Waals surface area contributed by atoms with Gasteiger partial charge in [-0.25, -0.2) is 0 Å². The van der Waals surface area contributed by atoms with E-state index in [-0.39, 0.29) is 5.41 Å². The summed E-state index contributed by atoms with van der Waals surface area (Å²) in [7, 11) is 1.93. The Labute approximate surface area is 89.2 Å². The molecule has 0 spiro atoms. The summed E-state index contributed by atoms with van der Waals surface area (Å²) in [5.41, 5.74) is 7.13. The molecule has 1 aliphatic carbocycles. The average Bonchev–Trinajstić information content (AvgIpc) is 2.48. The highest BCUT2D eigenvalue weighted by atomic mass is 35.5. The molecule has 1 saturated carbocycles. The van der Waals surface area contributed by atoms with Crippen molar-refractivity contribution in [2.75, 3.05) is 6.54 Å². The highest BCUT2D eigenvalue weighted by Crippen LogP contribution is 2.64. The molecule has 2 N–H and O–H groups in total. The molecular weight excluding hydrogens is 198 g/mol. The summed E-state index contributed by atoms with van der Waals surface area (Å²) < 4.78 is 1.87. The Kier molecular flexibility index (Phi) is 2.12. The van der Waals surface area contributed by atoms with Crippen LogP contribution in [-0.4, -0.2) is 16.3 Å². The standard InChI is InChI=1S/C10H16ClN3/c1-10(2)6(4-12)8(10)9-7(11)5-13-14(9)3/h5-6,8H,4,12H2,1-3H3. The van der Waals surface area contributed by atoms with Crippen molar-refractivity contribution in [3.63, 3.8) is 0 Å². The van der Waals surface area contributed by atoms with Crippen LogP contribution in [0.4, 0.5) is 0 Å². The summed E-state index contributed by atoms with van der Waals surface area (Å²) in [6, 6.07) is 0. The lowest BCUT2D eigenvalue weighted by atomic mass is 10.1. The molecule has 0 aromatic carbocycles. The van der Waals surface area contributed by atoms with E-state index < -0.39 is 0 Å². The number of hydrogen-bond acceptors (Lipinski definition) is 2. The lowest BCUT2D eigenvalue weighted by Crippen LogP contribution is -2.05. The SMILES string of the molecule is Cn1ncc(Cl)c1C1C(CN)C1(C)C. The molecule has 2 atom stereocenters. The van der Waals surface area contributed by atoms with E-state index in [9.17, 15) is 0 Å². The Morgan fingerprint density at radius 1 is 1.64 bits per heavy atom. The van der Waals surface area contributed by atoms with Crippen LogP contribution in [-0.2, 0) is 7.05 Å². The minimum Gasteiger partial charge on any atom is -0.330 e. The van der Waals surface area contributed by atoms with E-state index in [1.807, 2.05) is 11.7 Å². The van der Waals surface area contributed by atoms with Crippen LogP contribution in [0.5, 0.6) is 0 Å². The van der Waals surface area contributed by atoms with Crippen LogP contribution >= 0.6 is 11.6 Å². The average molecular weight is 214 g/mol. The topological polar surface area (TPSA) is 43.8 Å². The molecule has 2 rings (SSSR count). The minimum absolute atomic E-state index is 0.270. The van der Waals surface area contributed by atoms with Crippen molar-refractivity contribution < 1.29 is 0 Å². The first-order chi connectivity index (χ1) is 6.50. The van der Waals surface area contributed by atoms with E-state index in [0.29, 0.717) is 11.8 Å². The predicted molar refractivity (Wildman–Crippen MR) is 57.3 cm³/mol. The molecule has 14 heavy (non-hydrogen) atoms. The van der Waals surface area contributed by atoms with Gasteiger partial charge in [-0.05, 0) is 17.9 Å². The van der Waals surface area contributed by atoms with Crippen LogP contribution in [0, 0.1) is 11.3 Å². The van der Waals surface area contributed by atoms with Gasteiger partial charge in [-0.15, -0.1) is 0 Å². The zero-order chi connectivity index (χ0) is 10.5. The van der Waals surface area contributed by atoms with Crippen molar-refractivity contribution >= 4 is 11.6 Å². The maximum Gasteiger partial charge on any atom is 0.0820 e. The summed E-state index contributed by atoms with van der Waals surface area (Å²) >= 11 is 6.11. The molecule has 1 fully saturated rings. The monoisotopic (exact) mass is 213 g/mol. The zero-order valence-electron chi connectivity index (χ0n) is 8.79. The summed E-state index contributed by atoms with van der Waals surface area (Å²) in [5.74, 6) is 1.00. The molecule has 0 radical (unpaired) electrons.